The number of sulfonamides is 1. The second-order valence-corrected chi connectivity index (χ2v) is 11.1. The molecule has 1 aliphatic heterocycles. The Hall–Kier alpha value is -2.28. The number of thioether (sulfide) groups is 1. The van der Waals surface area contributed by atoms with Crippen molar-refractivity contribution in [3.63, 3.8) is 0 Å². The zero-order valence-corrected chi connectivity index (χ0v) is 19.6. The average molecular weight is 496 g/mol. The van der Waals surface area contributed by atoms with Crippen LogP contribution in [0.3, 0.4) is 0 Å². The second-order valence-electron chi connectivity index (χ2n) is 7.16. The van der Waals surface area contributed by atoms with E-state index in [1.54, 1.807) is 22.6 Å². The van der Waals surface area contributed by atoms with Crippen LogP contribution < -0.4 is 0 Å². The van der Waals surface area contributed by atoms with E-state index in [-0.39, 0.29) is 29.6 Å². The van der Waals surface area contributed by atoms with Crippen molar-refractivity contribution in [1.82, 2.24) is 24.0 Å². The van der Waals surface area contributed by atoms with E-state index in [1.165, 1.54) is 33.1 Å². The van der Waals surface area contributed by atoms with Crippen LogP contribution in [0.4, 0.5) is 4.39 Å². The number of hydrogen-bond donors (Lipinski definition) is 0. The largest absolute Gasteiger partial charge is 0.339 e. The van der Waals surface area contributed by atoms with E-state index in [1.807, 2.05) is 16.0 Å². The van der Waals surface area contributed by atoms with Crippen molar-refractivity contribution in [1.29, 1.82) is 0 Å². The molecule has 0 radical (unpaired) electrons. The van der Waals surface area contributed by atoms with Crippen molar-refractivity contribution in [2.75, 3.05) is 31.9 Å². The van der Waals surface area contributed by atoms with Gasteiger partial charge in [0.2, 0.25) is 15.9 Å². The number of carbonyl (C=O) groups is 1. The molecule has 0 bridgehead atoms. The van der Waals surface area contributed by atoms with E-state index in [2.05, 4.69) is 16.3 Å². The fourth-order valence-corrected chi connectivity index (χ4v) is 6.31. The van der Waals surface area contributed by atoms with Gasteiger partial charge in [-0.05, 0) is 42.1 Å². The normalized spacial score (nSPS) is 15.2. The summed E-state index contributed by atoms with van der Waals surface area (Å²) in [5.41, 5.74) is 0. The summed E-state index contributed by atoms with van der Waals surface area (Å²) in [5, 5.41) is 10.8. The first-order valence-corrected chi connectivity index (χ1v) is 13.3. The minimum Gasteiger partial charge on any atom is -0.339 e. The fraction of sp³-hybridized carbons (Fsp3) is 0.350. The van der Waals surface area contributed by atoms with E-state index in [4.69, 9.17) is 0 Å². The van der Waals surface area contributed by atoms with Gasteiger partial charge in [-0.3, -0.25) is 4.79 Å². The zero-order chi connectivity index (χ0) is 22.6. The van der Waals surface area contributed by atoms with Gasteiger partial charge in [0.15, 0.2) is 5.16 Å². The monoisotopic (exact) mass is 495 g/mol. The minimum absolute atomic E-state index is 0.0520. The molecule has 170 valence electrons. The van der Waals surface area contributed by atoms with Crippen LogP contribution in [0.5, 0.6) is 0 Å². The Bertz CT molecular complexity index is 1140. The van der Waals surface area contributed by atoms with E-state index in [0.717, 1.165) is 25.1 Å². The molecule has 0 N–H and O–H groups in total. The van der Waals surface area contributed by atoms with Crippen molar-refractivity contribution in [2.45, 2.75) is 23.0 Å². The summed E-state index contributed by atoms with van der Waals surface area (Å²) in [5.74, 6) is -0.344. The molecule has 8 nitrogen and oxygen atoms in total. The Balaban J connectivity index is 1.27. The van der Waals surface area contributed by atoms with Crippen LogP contribution in [0.2, 0.25) is 0 Å². The number of piperazine rings is 1. The maximum absolute atomic E-state index is 13.1. The number of nitrogens with zero attached hydrogens (tertiary/aromatic N) is 5. The van der Waals surface area contributed by atoms with Gasteiger partial charge in [0.25, 0.3) is 0 Å². The number of carbonyl (C=O) groups excluding carboxylic acids is 1. The molecule has 0 unspecified atom stereocenters. The van der Waals surface area contributed by atoms with Gasteiger partial charge in [-0.15, -0.1) is 21.5 Å². The molecule has 1 aromatic carbocycles. The summed E-state index contributed by atoms with van der Waals surface area (Å²) in [7, 11) is -3.70. The molecule has 1 amide bonds. The molecule has 3 aromatic rings. The van der Waals surface area contributed by atoms with Gasteiger partial charge in [0.05, 0.1) is 10.6 Å². The van der Waals surface area contributed by atoms with Crippen LogP contribution in [-0.2, 0) is 27.8 Å². The third kappa shape index (κ3) is 5.37. The summed E-state index contributed by atoms with van der Waals surface area (Å²) >= 11 is 3.03. The molecule has 12 heteroatoms. The van der Waals surface area contributed by atoms with Crippen molar-refractivity contribution in [3.8, 4) is 0 Å². The number of hydrogen-bond acceptors (Lipinski definition) is 7. The highest BCUT2D eigenvalue weighted by Gasteiger charge is 2.30. The lowest BCUT2D eigenvalue weighted by molar-refractivity contribution is -0.129. The molecule has 1 aliphatic rings. The van der Waals surface area contributed by atoms with Crippen LogP contribution >= 0.6 is 23.1 Å². The Morgan fingerprint density at radius 3 is 2.56 bits per heavy atom. The minimum atomic E-state index is -3.70. The van der Waals surface area contributed by atoms with Gasteiger partial charge in [-0.25, -0.2) is 12.8 Å². The number of amides is 1. The van der Waals surface area contributed by atoms with Gasteiger partial charge < -0.3 is 9.47 Å². The van der Waals surface area contributed by atoms with Gasteiger partial charge in [-0.2, -0.15) is 4.31 Å². The lowest BCUT2D eigenvalue weighted by atomic mass is 10.3. The Kier molecular flexibility index (Phi) is 7.23. The molecular formula is C20H22FN5O3S3. The molecule has 1 fully saturated rings. The molecule has 32 heavy (non-hydrogen) atoms. The summed E-state index contributed by atoms with van der Waals surface area (Å²) < 4.78 is 41.8. The maximum Gasteiger partial charge on any atom is 0.243 e. The van der Waals surface area contributed by atoms with Crippen LogP contribution in [0, 0.1) is 5.82 Å². The third-order valence-electron chi connectivity index (χ3n) is 5.13. The van der Waals surface area contributed by atoms with Crippen LogP contribution in [0.15, 0.2) is 58.2 Å². The number of thiophene rings is 1. The quantitative estimate of drug-likeness (QED) is 0.446. The van der Waals surface area contributed by atoms with Crippen LogP contribution in [-0.4, -0.2) is 70.2 Å². The van der Waals surface area contributed by atoms with E-state index in [9.17, 15) is 17.6 Å². The van der Waals surface area contributed by atoms with Gasteiger partial charge >= 0.3 is 0 Å². The van der Waals surface area contributed by atoms with Crippen molar-refractivity contribution < 1.29 is 17.6 Å². The highest BCUT2D eigenvalue weighted by molar-refractivity contribution is 7.99. The van der Waals surface area contributed by atoms with Crippen molar-refractivity contribution >= 4 is 39.0 Å². The number of rotatable bonds is 8. The highest BCUT2D eigenvalue weighted by Crippen LogP contribution is 2.20. The maximum atomic E-state index is 13.1. The summed E-state index contributed by atoms with van der Waals surface area (Å²) in [6.07, 6.45) is 2.54. The first kappa shape index (κ1) is 22.9. The molecule has 0 spiro atoms. The Labute approximate surface area is 194 Å². The molecule has 0 aliphatic carbocycles. The molecule has 0 saturated carbocycles. The molecule has 0 atom stereocenters. The van der Waals surface area contributed by atoms with Gasteiger partial charge in [0, 0.05) is 37.6 Å². The lowest BCUT2D eigenvalue weighted by Gasteiger charge is -2.34. The van der Waals surface area contributed by atoms with Crippen LogP contribution in [0.25, 0.3) is 0 Å². The number of aromatic nitrogens is 3. The standard InChI is InChI=1S/C20H22FN5O3S3/c21-16-3-5-18(6-4-16)32(28,29)26-11-9-24(10-12-26)19(27)14-31-20-23-22-15-25(20)8-7-17-2-1-13-30-17/h1-6,13,15H,7-12,14H2. The topological polar surface area (TPSA) is 88.4 Å². The van der Waals surface area contributed by atoms with Crippen molar-refractivity contribution in [2.24, 2.45) is 0 Å². The fourth-order valence-electron chi connectivity index (χ4n) is 3.35. The SMILES string of the molecule is O=C(CSc1nncn1CCc1cccs1)N1CCN(S(=O)(=O)c2ccc(F)cc2)CC1. The van der Waals surface area contributed by atoms with Crippen LogP contribution in [0.1, 0.15) is 4.88 Å². The molecular weight excluding hydrogens is 473 g/mol. The van der Waals surface area contributed by atoms with E-state index < -0.39 is 15.8 Å². The molecule has 4 rings (SSSR count). The third-order valence-corrected chi connectivity index (χ3v) is 8.94. The summed E-state index contributed by atoms with van der Waals surface area (Å²) in [6.45, 7) is 1.76. The second kappa shape index (κ2) is 10.1. The molecule has 1 saturated heterocycles. The first-order chi connectivity index (χ1) is 15.4. The van der Waals surface area contributed by atoms with E-state index in [0.29, 0.717) is 18.2 Å². The van der Waals surface area contributed by atoms with Gasteiger partial charge in [-0.1, -0.05) is 17.8 Å². The zero-order valence-electron chi connectivity index (χ0n) is 17.1. The number of halogens is 1. The molecule has 2 aromatic heterocycles. The van der Waals surface area contributed by atoms with E-state index >= 15 is 0 Å². The van der Waals surface area contributed by atoms with Gasteiger partial charge in [0.1, 0.15) is 12.1 Å². The Morgan fingerprint density at radius 1 is 1.12 bits per heavy atom. The average Bonchev–Trinajstić information content (AvgIpc) is 3.48. The Morgan fingerprint density at radius 2 is 1.88 bits per heavy atom. The molecule has 3 heterocycles. The number of aryl methyl sites for hydroxylation is 2. The summed E-state index contributed by atoms with van der Waals surface area (Å²) in [4.78, 5) is 15.6. The summed E-state index contributed by atoms with van der Waals surface area (Å²) in [6, 6.07) is 8.87. The lowest BCUT2D eigenvalue weighted by Crippen LogP contribution is -2.50. The highest BCUT2D eigenvalue weighted by atomic mass is 32.2. The number of benzene rings is 1. The first-order valence-electron chi connectivity index (χ1n) is 10.00. The van der Waals surface area contributed by atoms with Crippen molar-refractivity contribution in [3.05, 3.63) is 58.8 Å². The predicted molar refractivity (Wildman–Crippen MR) is 121 cm³/mol. The smallest absolute Gasteiger partial charge is 0.243 e. The predicted octanol–water partition coefficient (Wildman–Crippen LogP) is 2.35.